The van der Waals surface area contributed by atoms with Gasteiger partial charge in [0.25, 0.3) is 0 Å². The van der Waals surface area contributed by atoms with Gasteiger partial charge in [-0.15, -0.1) is 11.3 Å². The molecule has 1 aliphatic heterocycles. The van der Waals surface area contributed by atoms with Gasteiger partial charge < -0.3 is 0 Å². The summed E-state index contributed by atoms with van der Waals surface area (Å²) in [4.78, 5) is 1.32. The van der Waals surface area contributed by atoms with Crippen molar-refractivity contribution < 1.29 is 0 Å². The Kier molecular flexibility index (Phi) is 3.14. The number of nitrogens with zero attached hydrogens (tertiary/aromatic N) is 1. The topological polar surface area (TPSA) is 14.1 Å². The quantitative estimate of drug-likeness (QED) is 0.706. The molecule has 0 aromatic carbocycles. The number of hydrogen-bond acceptors (Lipinski definition) is 1. The Hall–Kier alpha value is 0.240. The number of hydrogen-bond donors (Lipinski definition) is 0. The number of thiophene rings is 1. The van der Waals surface area contributed by atoms with Gasteiger partial charge in [0.05, 0.1) is 5.02 Å². The molecule has 71 valence electrons. The molecule has 0 unspecified atom stereocenters. The van der Waals surface area contributed by atoms with Crippen LogP contribution in [-0.4, -0.2) is 13.1 Å². The lowest BCUT2D eigenvalue weighted by molar-refractivity contribution is 0.458. The van der Waals surface area contributed by atoms with Crippen molar-refractivity contribution in [1.29, 1.82) is 0 Å². The van der Waals surface area contributed by atoms with E-state index in [-0.39, 0.29) is 0 Å². The van der Waals surface area contributed by atoms with E-state index in [4.69, 9.17) is 23.2 Å². The van der Waals surface area contributed by atoms with E-state index in [2.05, 4.69) is 5.32 Å². The molecule has 1 radical (unpaired) electrons. The van der Waals surface area contributed by atoms with Crippen LogP contribution in [0.5, 0.6) is 0 Å². The Morgan fingerprint density at radius 3 is 2.54 bits per heavy atom. The molecule has 4 heteroatoms. The zero-order chi connectivity index (χ0) is 9.26. The number of piperidine rings is 1. The van der Waals surface area contributed by atoms with Crippen LogP contribution in [-0.2, 0) is 0 Å². The standard InChI is InChI=1S/C9H10Cl2NS/c10-7-5-8(13-9(7)11)6-1-3-12-4-2-6/h5-6H,1-4H2. The first kappa shape index (κ1) is 9.78. The fourth-order valence-electron chi connectivity index (χ4n) is 1.60. The minimum absolute atomic E-state index is 0.632. The summed E-state index contributed by atoms with van der Waals surface area (Å²) in [5.74, 6) is 0.632. The van der Waals surface area contributed by atoms with Crippen LogP contribution >= 0.6 is 34.5 Å². The molecule has 13 heavy (non-hydrogen) atoms. The van der Waals surface area contributed by atoms with Gasteiger partial charge in [-0.2, -0.15) is 0 Å². The third kappa shape index (κ3) is 2.18. The molecular weight excluding hydrogens is 225 g/mol. The van der Waals surface area contributed by atoms with Crippen molar-refractivity contribution in [3.05, 3.63) is 20.3 Å². The molecule has 0 spiro atoms. The summed E-state index contributed by atoms with van der Waals surface area (Å²) in [7, 11) is 0. The summed E-state index contributed by atoms with van der Waals surface area (Å²) < 4.78 is 0.721. The zero-order valence-electron chi connectivity index (χ0n) is 7.09. The van der Waals surface area contributed by atoms with Crippen molar-refractivity contribution in [3.63, 3.8) is 0 Å². The molecule has 2 heterocycles. The molecule has 0 atom stereocenters. The van der Waals surface area contributed by atoms with E-state index < -0.39 is 0 Å². The maximum absolute atomic E-state index is 5.91. The Bertz CT molecular complexity index is 272. The summed E-state index contributed by atoms with van der Waals surface area (Å²) in [5.41, 5.74) is 0. The second-order valence-electron chi connectivity index (χ2n) is 3.22. The van der Waals surface area contributed by atoms with Crippen molar-refractivity contribution in [3.8, 4) is 0 Å². The van der Waals surface area contributed by atoms with Crippen molar-refractivity contribution in [1.82, 2.24) is 5.32 Å². The van der Waals surface area contributed by atoms with Gasteiger partial charge in [0.2, 0.25) is 0 Å². The van der Waals surface area contributed by atoms with Gasteiger partial charge in [-0.25, -0.2) is 5.32 Å². The molecule has 0 aliphatic carbocycles. The Morgan fingerprint density at radius 1 is 1.31 bits per heavy atom. The molecule has 0 N–H and O–H groups in total. The third-order valence-electron chi connectivity index (χ3n) is 2.34. The van der Waals surface area contributed by atoms with Gasteiger partial charge in [0.15, 0.2) is 0 Å². The molecule has 0 amide bonds. The third-order valence-corrected chi connectivity index (χ3v) is 4.37. The maximum atomic E-state index is 5.91. The van der Waals surface area contributed by atoms with Gasteiger partial charge in [-0.05, 0) is 24.8 Å². The van der Waals surface area contributed by atoms with Crippen molar-refractivity contribution >= 4 is 34.5 Å². The minimum Gasteiger partial charge on any atom is -0.242 e. The average Bonchev–Trinajstić information content (AvgIpc) is 2.49. The zero-order valence-corrected chi connectivity index (χ0v) is 9.42. The summed E-state index contributed by atoms with van der Waals surface area (Å²) in [6.45, 7) is 1.97. The molecule has 1 aromatic rings. The highest BCUT2D eigenvalue weighted by Crippen LogP contribution is 2.38. The Morgan fingerprint density at radius 2 is 2.00 bits per heavy atom. The van der Waals surface area contributed by atoms with E-state index in [1.54, 1.807) is 11.3 Å². The van der Waals surface area contributed by atoms with Crippen LogP contribution in [0.3, 0.4) is 0 Å². The normalized spacial score (nSPS) is 19.2. The van der Waals surface area contributed by atoms with Crippen LogP contribution in [0.1, 0.15) is 23.6 Å². The van der Waals surface area contributed by atoms with Crippen molar-refractivity contribution in [2.45, 2.75) is 18.8 Å². The maximum Gasteiger partial charge on any atom is 0.112 e. The Labute approximate surface area is 92.0 Å². The predicted octanol–water partition coefficient (Wildman–Crippen LogP) is 3.54. The predicted molar refractivity (Wildman–Crippen MR) is 58.2 cm³/mol. The molecule has 1 saturated heterocycles. The molecule has 2 rings (SSSR count). The van der Waals surface area contributed by atoms with Gasteiger partial charge in [0, 0.05) is 18.0 Å². The van der Waals surface area contributed by atoms with Crippen LogP contribution in [0, 0.1) is 0 Å². The number of rotatable bonds is 1. The first-order valence-corrected chi connectivity index (χ1v) is 5.92. The lowest BCUT2D eigenvalue weighted by Gasteiger charge is -2.19. The van der Waals surface area contributed by atoms with Gasteiger partial charge >= 0.3 is 0 Å². The largest absolute Gasteiger partial charge is 0.242 e. The van der Waals surface area contributed by atoms with Crippen LogP contribution in [0.2, 0.25) is 9.36 Å². The molecular formula is C9H10Cl2NS. The highest BCUT2D eigenvalue weighted by atomic mass is 35.5. The van der Waals surface area contributed by atoms with E-state index >= 15 is 0 Å². The second-order valence-corrected chi connectivity index (χ2v) is 5.31. The molecule has 1 nitrogen and oxygen atoms in total. The highest BCUT2D eigenvalue weighted by Gasteiger charge is 2.18. The van der Waals surface area contributed by atoms with E-state index in [0.29, 0.717) is 10.9 Å². The SMILES string of the molecule is Clc1cc(C2CC[N]CC2)sc1Cl. The van der Waals surface area contributed by atoms with Gasteiger partial charge in [-0.3, -0.25) is 0 Å². The lowest BCUT2D eigenvalue weighted by atomic mass is 9.97. The summed E-state index contributed by atoms with van der Waals surface area (Å²) >= 11 is 13.4. The van der Waals surface area contributed by atoms with E-state index in [1.165, 1.54) is 4.88 Å². The van der Waals surface area contributed by atoms with Gasteiger partial charge in [-0.1, -0.05) is 23.2 Å². The molecule has 0 bridgehead atoms. The Balaban J connectivity index is 2.14. The molecule has 0 saturated carbocycles. The first-order chi connectivity index (χ1) is 6.27. The minimum atomic E-state index is 0.632. The summed E-state index contributed by atoms with van der Waals surface area (Å²) in [5, 5.41) is 5.02. The monoisotopic (exact) mass is 234 g/mol. The lowest BCUT2D eigenvalue weighted by Crippen LogP contribution is -2.20. The van der Waals surface area contributed by atoms with E-state index in [0.717, 1.165) is 30.3 Å². The van der Waals surface area contributed by atoms with Crippen LogP contribution in [0.4, 0.5) is 0 Å². The fourth-order valence-corrected chi connectivity index (χ4v) is 3.16. The summed E-state index contributed by atoms with van der Waals surface area (Å²) in [6.07, 6.45) is 2.29. The van der Waals surface area contributed by atoms with Crippen LogP contribution in [0.25, 0.3) is 0 Å². The van der Waals surface area contributed by atoms with Crippen molar-refractivity contribution in [2.75, 3.05) is 13.1 Å². The highest BCUT2D eigenvalue weighted by molar-refractivity contribution is 7.17. The van der Waals surface area contributed by atoms with E-state index in [9.17, 15) is 0 Å². The first-order valence-electron chi connectivity index (χ1n) is 4.35. The van der Waals surface area contributed by atoms with Crippen LogP contribution < -0.4 is 5.32 Å². The van der Waals surface area contributed by atoms with E-state index in [1.807, 2.05) is 6.07 Å². The smallest absolute Gasteiger partial charge is 0.112 e. The van der Waals surface area contributed by atoms with Gasteiger partial charge in [0.1, 0.15) is 4.34 Å². The summed E-state index contributed by atoms with van der Waals surface area (Å²) in [6, 6.07) is 2.00. The van der Waals surface area contributed by atoms with Crippen LogP contribution in [0.15, 0.2) is 6.07 Å². The second kappa shape index (κ2) is 4.18. The fraction of sp³-hybridized carbons (Fsp3) is 0.556. The molecule has 1 fully saturated rings. The molecule has 1 aliphatic rings. The van der Waals surface area contributed by atoms with Crippen molar-refractivity contribution in [2.24, 2.45) is 0 Å². The average molecular weight is 235 g/mol. The number of halogens is 2. The molecule has 1 aromatic heterocycles.